The third-order valence-corrected chi connectivity index (χ3v) is 3.58. The number of hydrogen-bond donors (Lipinski definition) is 0. The summed E-state index contributed by atoms with van der Waals surface area (Å²) in [6.07, 6.45) is 3.25. The molecule has 1 unspecified atom stereocenters. The van der Waals surface area contributed by atoms with Crippen LogP contribution in [0.25, 0.3) is 0 Å². The molecule has 1 atom stereocenters. The molecule has 0 aliphatic rings. The normalized spacial score (nSPS) is 11.3. The Hall–Kier alpha value is -1.23. The fourth-order valence-corrected chi connectivity index (χ4v) is 2.31. The maximum absolute atomic E-state index is 10.7. The van der Waals surface area contributed by atoms with Crippen LogP contribution >= 0.6 is 0 Å². The number of esters is 1. The Labute approximate surface area is 90.6 Å². The molecule has 0 fully saturated rings. The molecule has 0 bridgehead atoms. The van der Waals surface area contributed by atoms with E-state index < -0.39 is 15.2 Å². The minimum Gasteiger partial charge on any atom is -0.463 e. The highest BCUT2D eigenvalue weighted by Gasteiger charge is 2.09. The van der Waals surface area contributed by atoms with Crippen molar-refractivity contribution in [2.75, 3.05) is 13.2 Å². The summed E-state index contributed by atoms with van der Waals surface area (Å²) < 4.78 is 13.6. The Morgan fingerprint density at radius 1 is 1.67 bits per heavy atom. The summed E-state index contributed by atoms with van der Waals surface area (Å²) in [7, 11) is -1.82. The van der Waals surface area contributed by atoms with Gasteiger partial charge in [-0.1, -0.05) is 6.58 Å². The number of hydrogen-bond acceptors (Lipinski definition) is 5. The highest BCUT2D eigenvalue weighted by atomic mass is 28.3. The molecule has 0 saturated heterocycles. The Morgan fingerprint density at radius 2 is 2.40 bits per heavy atom. The third kappa shape index (κ3) is 7.81. The molecule has 0 amide bonds. The zero-order valence-electron chi connectivity index (χ0n) is 8.77. The Kier molecular flexibility index (Phi) is 8.56. The van der Waals surface area contributed by atoms with Crippen molar-refractivity contribution < 1.29 is 18.8 Å². The Bertz CT molecular complexity index is 250. The zero-order chi connectivity index (χ0) is 11.5. The van der Waals surface area contributed by atoms with Gasteiger partial charge in [-0.2, -0.15) is 0 Å². The molecular weight excluding hydrogens is 214 g/mol. The van der Waals surface area contributed by atoms with Crippen molar-refractivity contribution in [1.82, 2.24) is 0 Å². The van der Waals surface area contributed by atoms with Crippen LogP contribution in [-0.4, -0.2) is 34.5 Å². The van der Waals surface area contributed by atoms with E-state index >= 15 is 0 Å². The van der Waals surface area contributed by atoms with E-state index in [-0.39, 0.29) is 0 Å². The van der Waals surface area contributed by atoms with E-state index in [1.807, 2.05) is 6.92 Å². The molecule has 0 N–H and O–H groups in total. The molecule has 0 heterocycles. The molecule has 0 rings (SSSR count). The van der Waals surface area contributed by atoms with Crippen LogP contribution in [0.1, 0.15) is 13.3 Å². The number of ether oxygens (including phenoxy) is 1. The van der Waals surface area contributed by atoms with Crippen molar-refractivity contribution in [3.05, 3.63) is 12.7 Å². The van der Waals surface area contributed by atoms with E-state index in [0.717, 1.165) is 6.08 Å². The first-order valence-electron chi connectivity index (χ1n) is 4.72. The van der Waals surface area contributed by atoms with E-state index in [1.54, 1.807) is 0 Å². The number of carbonyl (C=O) groups is 1. The van der Waals surface area contributed by atoms with Crippen molar-refractivity contribution in [3.8, 4) is 0 Å². The number of isocyanates is 1. The third-order valence-electron chi connectivity index (χ3n) is 1.56. The molecule has 0 radical (unpaired) electrons. The molecule has 6 heteroatoms. The van der Waals surface area contributed by atoms with Gasteiger partial charge in [0.15, 0.2) is 0 Å². The zero-order valence-corrected chi connectivity index (χ0v) is 9.93. The van der Waals surface area contributed by atoms with Crippen molar-refractivity contribution in [2.24, 2.45) is 4.66 Å². The van der Waals surface area contributed by atoms with Crippen molar-refractivity contribution in [1.29, 1.82) is 0 Å². The van der Waals surface area contributed by atoms with E-state index in [9.17, 15) is 9.59 Å². The van der Waals surface area contributed by atoms with E-state index in [2.05, 4.69) is 11.2 Å². The SMILES string of the molecule is C=CC(=O)OCCC[SiH](N=C=O)OCC. The number of carbonyl (C=O) groups excluding carboxylic acids is 2. The Balaban J connectivity index is 3.65. The summed E-state index contributed by atoms with van der Waals surface area (Å²) in [6, 6.07) is 0.660. The van der Waals surface area contributed by atoms with Gasteiger partial charge in [0.05, 0.1) is 6.61 Å². The van der Waals surface area contributed by atoms with Crippen molar-refractivity contribution >= 4 is 21.3 Å². The Morgan fingerprint density at radius 3 is 2.93 bits per heavy atom. The monoisotopic (exact) mass is 229 g/mol. The van der Waals surface area contributed by atoms with Crippen molar-refractivity contribution in [3.63, 3.8) is 0 Å². The summed E-state index contributed by atoms with van der Waals surface area (Å²) in [5, 5.41) is 0. The highest BCUT2D eigenvalue weighted by Crippen LogP contribution is 2.01. The lowest BCUT2D eigenvalue weighted by Gasteiger charge is -2.07. The molecule has 84 valence electrons. The average Bonchev–Trinajstić information content (AvgIpc) is 2.24. The van der Waals surface area contributed by atoms with Gasteiger partial charge in [0.2, 0.25) is 6.08 Å². The lowest BCUT2D eigenvalue weighted by atomic mass is 10.5. The van der Waals surface area contributed by atoms with Gasteiger partial charge in [-0.15, -0.1) is 0 Å². The second-order valence-electron chi connectivity index (χ2n) is 2.64. The standard InChI is InChI=1S/C9H15NO4Si/c1-3-9(12)13-6-5-7-15(10-8-11)14-4-2/h3,15H,1,4-7H2,2H3. The summed E-state index contributed by atoms with van der Waals surface area (Å²) in [5.41, 5.74) is 0. The van der Waals surface area contributed by atoms with Gasteiger partial charge in [0, 0.05) is 12.7 Å². The van der Waals surface area contributed by atoms with Crippen LogP contribution in [0.5, 0.6) is 0 Å². The predicted octanol–water partition coefficient (Wildman–Crippen LogP) is 0.698. The first-order valence-corrected chi connectivity index (χ1v) is 6.52. The van der Waals surface area contributed by atoms with Gasteiger partial charge >= 0.3 is 15.2 Å². The predicted molar refractivity (Wildman–Crippen MR) is 57.5 cm³/mol. The van der Waals surface area contributed by atoms with Gasteiger partial charge in [0.1, 0.15) is 0 Å². The van der Waals surface area contributed by atoms with Crippen LogP contribution < -0.4 is 0 Å². The van der Waals surface area contributed by atoms with Gasteiger partial charge in [0.25, 0.3) is 0 Å². The molecule has 0 aliphatic carbocycles. The van der Waals surface area contributed by atoms with Crippen molar-refractivity contribution in [2.45, 2.75) is 19.4 Å². The second kappa shape index (κ2) is 9.33. The fraction of sp³-hybridized carbons (Fsp3) is 0.556. The van der Waals surface area contributed by atoms with E-state index in [1.165, 1.54) is 6.08 Å². The van der Waals surface area contributed by atoms with Crippen LogP contribution in [0.2, 0.25) is 6.04 Å². The molecular formula is C9H15NO4Si. The minimum atomic E-state index is -1.82. The quantitative estimate of drug-likeness (QED) is 0.153. The summed E-state index contributed by atoms with van der Waals surface area (Å²) in [4.78, 5) is 20.7. The lowest BCUT2D eigenvalue weighted by molar-refractivity contribution is -0.137. The largest absolute Gasteiger partial charge is 0.463 e. The number of rotatable bonds is 8. The summed E-state index contributed by atoms with van der Waals surface area (Å²) >= 11 is 0. The minimum absolute atomic E-state index is 0.301. The van der Waals surface area contributed by atoms with Gasteiger partial charge < -0.3 is 9.16 Å². The maximum atomic E-state index is 10.7. The van der Waals surface area contributed by atoms with Gasteiger partial charge in [-0.05, 0) is 19.4 Å². The molecule has 0 aromatic rings. The average molecular weight is 229 g/mol. The van der Waals surface area contributed by atoms with Crippen LogP contribution in [0, 0.1) is 0 Å². The van der Waals surface area contributed by atoms with Crippen LogP contribution in [0.4, 0.5) is 0 Å². The molecule has 0 aromatic carbocycles. The molecule has 15 heavy (non-hydrogen) atoms. The van der Waals surface area contributed by atoms with Crippen LogP contribution in [0.15, 0.2) is 17.3 Å². The van der Waals surface area contributed by atoms with Crippen LogP contribution in [0.3, 0.4) is 0 Å². The van der Waals surface area contributed by atoms with E-state index in [4.69, 9.17) is 9.16 Å². The fourth-order valence-electron chi connectivity index (χ4n) is 0.926. The summed E-state index contributed by atoms with van der Waals surface area (Å²) in [5.74, 6) is -0.441. The molecule has 5 nitrogen and oxygen atoms in total. The first-order chi connectivity index (χ1) is 7.24. The second-order valence-corrected chi connectivity index (χ2v) is 4.72. The van der Waals surface area contributed by atoms with Crippen LogP contribution in [-0.2, 0) is 18.8 Å². The summed E-state index contributed by atoms with van der Waals surface area (Å²) in [6.45, 7) is 5.96. The smallest absolute Gasteiger partial charge is 0.330 e. The topological polar surface area (TPSA) is 65.0 Å². The van der Waals surface area contributed by atoms with Gasteiger partial charge in [-0.3, -0.25) is 0 Å². The molecule has 0 aromatic heterocycles. The number of nitrogens with zero attached hydrogens (tertiary/aromatic N) is 1. The van der Waals surface area contributed by atoms with E-state index in [0.29, 0.717) is 25.7 Å². The first kappa shape index (κ1) is 13.8. The maximum Gasteiger partial charge on any atom is 0.330 e. The molecule has 0 saturated carbocycles. The molecule has 0 aliphatic heterocycles. The highest BCUT2D eigenvalue weighted by molar-refractivity contribution is 6.50. The lowest BCUT2D eigenvalue weighted by Crippen LogP contribution is -2.16. The van der Waals surface area contributed by atoms with Gasteiger partial charge in [-0.25, -0.2) is 14.2 Å². The molecule has 0 spiro atoms.